The van der Waals surface area contributed by atoms with Gasteiger partial charge in [-0.25, -0.2) is 8.78 Å². The van der Waals surface area contributed by atoms with Gasteiger partial charge in [-0.1, -0.05) is 0 Å². The molecule has 1 atom stereocenters. The van der Waals surface area contributed by atoms with Crippen LogP contribution in [-0.2, 0) is 12.8 Å². The van der Waals surface area contributed by atoms with Crippen molar-refractivity contribution in [2.75, 3.05) is 0 Å². The standard InChI is InChI=1S/C15H14F2OS/c16-11-5-10(6-12(17)8-11)15(18)14-7-9-3-1-2-4-13(9)19-14/h5-8,15,18H,1-4H2. The summed E-state index contributed by atoms with van der Waals surface area (Å²) in [5.41, 5.74) is 1.55. The second-order valence-corrected chi connectivity index (χ2v) is 6.08. The molecule has 1 nitrogen and oxygen atoms in total. The minimum absolute atomic E-state index is 0.274. The maximum Gasteiger partial charge on any atom is 0.126 e. The Morgan fingerprint density at radius 3 is 2.37 bits per heavy atom. The summed E-state index contributed by atoms with van der Waals surface area (Å²) in [5, 5.41) is 10.3. The fourth-order valence-corrected chi connectivity index (χ4v) is 3.82. The van der Waals surface area contributed by atoms with E-state index in [1.54, 1.807) is 11.3 Å². The van der Waals surface area contributed by atoms with E-state index < -0.39 is 17.7 Å². The second-order valence-electron chi connectivity index (χ2n) is 4.91. The van der Waals surface area contributed by atoms with E-state index >= 15 is 0 Å². The van der Waals surface area contributed by atoms with Gasteiger partial charge in [0.05, 0.1) is 0 Å². The topological polar surface area (TPSA) is 20.2 Å². The maximum absolute atomic E-state index is 13.2. The number of hydrogen-bond acceptors (Lipinski definition) is 2. The molecule has 0 bridgehead atoms. The molecule has 0 radical (unpaired) electrons. The lowest BCUT2D eigenvalue weighted by atomic mass is 9.98. The molecular formula is C15H14F2OS. The van der Waals surface area contributed by atoms with Gasteiger partial charge < -0.3 is 5.11 Å². The average Bonchev–Trinajstić information content (AvgIpc) is 2.80. The van der Waals surface area contributed by atoms with Crippen LogP contribution in [0.2, 0.25) is 0 Å². The Bertz CT molecular complexity index is 562. The molecular weight excluding hydrogens is 266 g/mol. The molecule has 3 rings (SSSR count). The van der Waals surface area contributed by atoms with Crippen molar-refractivity contribution in [1.29, 1.82) is 0 Å². The van der Waals surface area contributed by atoms with E-state index in [0.29, 0.717) is 0 Å². The lowest BCUT2D eigenvalue weighted by Gasteiger charge is -2.09. The fraction of sp³-hybridized carbons (Fsp3) is 0.333. The lowest BCUT2D eigenvalue weighted by molar-refractivity contribution is 0.223. The zero-order chi connectivity index (χ0) is 13.4. The van der Waals surface area contributed by atoms with Crippen LogP contribution in [0, 0.1) is 11.6 Å². The number of fused-ring (bicyclic) bond motifs is 1. The molecule has 0 amide bonds. The molecule has 1 aromatic carbocycles. The summed E-state index contributed by atoms with van der Waals surface area (Å²) in [7, 11) is 0. The van der Waals surface area contributed by atoms with Gasteiger partial charge in [0.25, 0.3) is 0 Å². The fourth-order valence-electron chi connectivity index (χ4n) is 2.55. The first-order chi connectivity index (χ1) is 9.13. The first-order valence-electron chi connectivity index (χ1n) is 6.39. The minimum Gasteiger partial charge on any atom is -0.383 e. The third-order valence-corrected chi connectivity index (χ3v) is 4.78. The zero-order valence-electron chi connectivity index (χ0n) is 10.3. The van der Waals surface area contributed by atoms with Gasteiger partial charge in [0, 0.05) is 15.8 Å². The third kappa shape index (κ3) is 2.55. The van der Waals surface area contributed by atoms with E-state index in [2.05, 4.69) is 0 Å². The number of aliphatic hydroxyl groups excluding tert-OH is 1. The molecule has 100 valence electrons. The van der Waals surface area contributed by atoms with Gasteiger partial charge in [0.15, 0.2) is 0 Å². The Balaban J connectivity index is 1.94. The van der Waals surface area contributed by atoms with E-state index in [-0.39, 0.29) is 5.56 Å². The second kappa shape index (κ2) is 5.02. The molecule has 0 fully saturated rings. The molecule has 0 saturated heterocycles. The van der Waals surface area contributed by atoms with Crippen LogP contribution >= 0.6 is 11.3 Å². The van der Waals surface area contributed by atoms with Crippen molar-refractivity contribution < 1.29 is 13.9 Å². The highest BCUT2D eigenvalue weighted by atomic mass is 32.1. The van der Waals surface area contributed by atoms with Gasteiger partial charge in [0.2, 0.25) is 0 Å². The number of rotatable bonds is 2. The van der Waals surface area contributed by atoms with E-state index in [0.717, 1.165) is 23.8 Å². The smallest absolute Gasteiger partial charge is 0.126 e. The molecule has 1 unspecified atom stereocenters. The molecule has 1 N–H and O–H groups in total. The summed E-state index contributed by atoms with van der Waals surface area (Å²) in [4.78, 5) is 2.08. The first-order valence-corrected chi connectivity index (χ1v) is 7.20. The summed E-state index contributed by atoms with van der Waals surface area (Å²) < 4.78 is 26.4. The summed E-state index contributed by atoms with van der Waals surface area (Å²) in [6.07, 6.45) is 3.49. The maximum atomic E-state index is 13.2. The predicted octanol–water partition coefficient (Wildman–Crippen LogP) is 3.99. The van der Waals surface area contributed by atoms with E-state index in [4.69, 9.17) is 0 Å². The van der Waals surface area contributed by atoms with Crippen molar-refractivity contribution in [2.45, 2.75) is 31.8 Å². The summed E-state index contributed by atoms with van der Waals surface area (Å²) >= 11 is 1.56. The monoisotopic (exact) mass is 280 g/mol. The Morgan fingerprint density at radius 2 is 1.68 bits per heavy atom. The van der Waals surface area contributed by atoms with Gasteiger partial charge in [-0.05, 0) is 55.0 Å². The number of benzene rings is 1. The van der Waals surface area contributed by atoms with Crippen LogP contribution in [0.4, 0.5) is 8.78 Å². The van der Waals surface area contributed by atoms with Crippen molar-refractivity contribution in [3.63, 3.8) is 0 Å². The van der Waals surface area contributed by atoms with Gasteiger partial charge in [-0.15, -0.1) is 11.3 Å². The number of halogens is 2. The molecule has 1 heterocycles. The van der Waals surface area contributed by atoms with Crippen molar-refractivity contribution in [1.82, 2.24) is 0 Å². The van der Waals surface area contributed by atoms with E-state index in [1.807, 2.05) is 6.07 Å². The molecule has 1 aromatic heterocycles. The lowest BCUT2D eigenvalue weighted by Crippen LogP contribution is -1.99. The quantitative estimate of drug-likeness (QED) is 0.882. The van der Waals surface area contributed by atoms with Gasteiger partial charge in [-0.3, -0.25) is 0 Å². The van der Waals surface area contributed by atoms with E-state index in [9.17, 15) is 13.9 Å². The van der Waals surface area contributed by atoms with Crippen molar-refractivity contribution in [2.24, 2.45) is 0 Å². The molecule has 19 heavy (non-hydrogen) atoms. The summed E-state index contributed by atoms with van der Waals surface area (Å²) in [5.74, 6) is -1.31. The van der Waals surface area contributed by atoms with Crippen LogP contribution in [0.15, 0.2) is 24.3 Å². The molecule has 0 saturated carbocycles. The highest BCUT2D eigenvalue weighted by Crippen LogP contribution is 2.35. The number of hydrogen-bond donors (Lipinski definition) is 1. The molecule has 0 spiro atoms. The molecule has 1 aliphatic rings. The molecule has 1 aliphatic carbocycles. The Hall–Kier alpha value is -1.26. The Kier molecular flexibility index (Phi) is 3.37. The Labute approximate surface area is 114 Å². The van der Waals surface area contributed by atoms with E-state index in [1.165, 1.54) is 35.4 Å². The molecule has 0 aliphatic heterocycles. The van der Waals surface area contributed by atoms with Crippen LogP contribution < -0.4 is 0 Å². The van der Waals surface area contributed by atoms with Crippen LogP contribution in [0.3, 0.4) is 0 Å². The zero-order valence-corrected chi connectivity index (χ0v) is 11.1. The van der Waals surface area contributed by atoms with Crippen molar-refractivity contribution in [3.8, 4) is 0 Å². The number of aryl methyl sites for hydroxylation is 2. The minimum atomic E-state index is -0.944. The highest BCUT2D eigenvalue weighted by Gasteiger charge is 2.19. The summed E-state index contributed by atoms with van der Waals surface area (Å²) in [6, 6.07) is 5.17. The summed E-state index contributed by atoms with van der Waals surface area (Å²) in [6.45, 7) is 0. The van der Waals surface area contributed by atoms with Gasteiger partial charge >= 0.3 is 0 Å². The Morgan fingerprint density at radius 1 is 1.00 bits per heavy atom. The normalized spacial score (nSPS) is 16.2. The highest BCUT2D eigenvalue weighted by molar-refractivity contribution is 7.12. The van der Waals surface area contributed by atoms with Gasteiger partial charge in [-0.2, -0.15) is 0 Å². The van der Waals surface area contributed by atoms with Crippen LogP contribution in [-0.4, -0.2) is 5.11 Å². The van der Waals surface area contributed by atoms with Crippen LogP contribution in [0.25, 0.3) is 0 Å². The average molecular weight is 280 g/mol. The molecule has 4 heteroatoms. The van der Waals surface area contributed by atoms with Crippen LogP contribution in [0.1, 0.15) is 39.8 Å². The largest absolute Gasteiger partial charge is 0.383 e. The predicted molar refractivity (Wildman–Crippen MR) is 71.4 cm³/mol. The van der Waals surface area contributed by atoms with Crippen LogP contribution in [0.5, 0.6) is 0 Å². The SMILES string of the molecule is OC(c1cc(F)cc(F)c1)c1cc2c(s1)CCCC2. The molecule has 2 aromatic rings. The number of aliphatic hydroxyl groups is 1. The van der Waals surface area contributed by atoms with Crippen molar-refractivity contribution >= 4 is 11.3 Å². The number of thiophene rings is 1. The van der Waals surface area contributed by atoms with Gasteiger partial charge in [0.1, 0.15) is 17.7 Å². The van der Waals surface area contributed by atoms with Crippen molar-refractivity contribution in [3.05, 3.63) is 56.8 Å². The third-order valence-electron chi connectivity index (χ3n) is 3.49. The first kappa shape index (κ1) is 12.8.